The number of oxazole rings is 1. The van der Waals surface area contributed by atoms with Gasteiger partial charge in [-0.15, -0.1) is 0 Å². The van der Waals surface area contributed by atoms with Crippen molar-refractivity contribution in [3.05, 3.63) is 65.5 Å². The molecule has 3 rings (SSSR count). The van der Waals surface area contributed by atoms with Crippen LogP contribution in [0.4, 0.5) is 18.9 Å². The summed E-state index contributed by atoms with van der Waals surface area (Å²) < 4.78 is 70.3. The molecule has 11 heteroatoms. The number of carbonyl (C=O) groups is 1. The van der Waals surface area contributed by atoms with Crippen molar-refractivity contribution in [3.8, 4) is 11.5 Å². The average molecular weight is 453 g/mol. The number of aryl methyl sites for hydroxylation is 2. The van der Waals surface area contributed by atoms with Gasteiger partial charge in [-0.1, -0.05) is 12.1 Å². The van der Waals surface area contributed by atoms with Crippen molar-refractivity contribution in [2.24, 2.45) is 0 Å². The summed E-state index contributed by atoms with van der Waals surface area (Å²) in [5.41, 5.74) is 1.27. The summed E-state index contributed by atoms with van der Waals surface area (Å²) >= 11 is 0. The van der Waals surface area contributed by atoms with Crippen LogP contribution in [0.2, 0.25) is 0 Å². The molecule has 3 aromatic rings. The number of carbonyl (C=O) groups excluding carboxylic acids is 1. The van der Waals surface area contributed by atoms with Crippen LogP contribution in [-0.4, -0.2) is 32.0 Å². The van der Waals surface area contributed by atoms with Crippen LogP contribution in [0.1, 0.15) is 21.8 Å². The summed E-state index contributed by atoms with van der Waals surface area (Å²) in [6, 6.07) is 11.1. The Hall–Kier alpha value is -3.34. The van der Waals surface area contributed by atoms with Gasteiger partial charge in [-0.05, 0) is 50.2 Å². The highest BCUT2D eigenvalue weighted by molar-refractivity contribution is 7.92. The quantitative estimate of drug-likeness (QED) is 0.586. The molecule has 2 aromatic carbocycles. The minimum atomic E-state index is -4.58. The van der Waals surface area contributed by atoms with Gasteiger partial charge in [0.15, 0.2) is 0 Å². The van der Waals surface area contributed by atoms with Gasteiger partial charge in [0.1, 0.15) is 12.3 Å². The van der Waals surface area contributed by atoms with Gasteiger partial charge in [0.2, 0.25) is 5.89 Å². The van der Waals surface area contributed by atoms with E-state index in [4.69, 9.17) is 4.42 Å². The lowest BCUT2D eigenvalue weighted by Gasteiger charge is -2.11. The maximum atomic E-state index is 12.7. The van der Waals surface area contributed by atoms with Crippen molar-refractivity contribution in [2.45, 2.75) is 24.9 Å². The van der Waals surface area contributed by atoms with Crippen molar-refractivity contribution >= 4 is 21.6 Å². The third-order valence-corrected chi connectivity index (χ3v) is 5.63. The molecule has 0 spiro atoms. The maximum Gasteiger partial charge on any atom is 0.405 e. The highest BCUT2D eigenvalue weighted by Crippen LogP contribution is 2.25. The number of hydrogen-bond acceptors (Lipinski definition) is 5. The molecule has 0 aliphatic carbocycles. The van der Waals surface area contributed by atoms with Gasteiger partial charge < -0.3 is 9.73 Å². The summed E-state index contributed by atoms with van der Waals surface area (Å²) in [5.74, 6) is -0.0630. The van der Waals surface area contributed by atoms with Crippen molar-refractivity contribution in [3.63, 3.8) is 0 Å². The molecule has 1 amide bonds. The largest absolute Gasteiger partial charge is 0.441 e. The lowest BCUT2D eigenvalue weighted by atomic mass is 10.2. The highest BCUT2D eigenvalue weighted by Gasteiger charge is 2.28. The second-order valence-corrected chi connectivity index (χ2v) is 8.36. The molecule has 31 heavy (non-hydrogen) atoms. The van der Waals surface area contributed by atoms with Crippen molar-refractivity contribution in [2.75, 3.05) is 11.3 Å². The predicted molar refractivity (Wildman–Crippen MR) is 107 cm³/mol. The first kappa shape index (κ1) is 22.3. The SMILES string of the molecule is Cc1nc(-c2cccc(NS(=O)(=O)c3cccc(C(=O)NCC(F)(F)F)c3)c2)oc1C. The zero-order valence-electron chi connectivity index (χ0n) is 16.4. The Morgan fingerprint density at radius 3 is 2.45 bits per heavy atom. The Labute approximate surface area is 176 Å². The number of hydrogen-bond donors (Lipinski definition) is 2. The smallest absolute Gasteiger partial charge is 0.405 e. The summed E-state index contributed by atoms with van der Waals surface area (Å²) in [5, 5.41) is 1.70. The van der Waals surface area contributed by atoms with Gasteiger partial charge in [-0.25, -0.2) is 13.4 Å². The number of alkyl halides is 3. The van der Waals surface area contributed by atoms with Crippen LogP contribution >= 0.6 is 0 Å². The fourth-order valence-corrected chi connectivity index (χ4v) is 3.71. The van der Waals surface area contributed by atoms with Gasteiger partial charge >= 0.3 is 6.18 Å². The van der Waals surface area contributed by atoms with E-state index in [2.05, 4.69) is 9.71 Å². The fourth-order valence-electron chi connectivity index (χ4n) is 2.61. The van der Waals surface area contributed by atoms with E-state index in [1.807, 2.05) is 0 Å². The maximum absolute atomic E-state index is 12.7. The highest BCUT2D eigenvalue weighted by atomic mass is 32.2. The normalized spacial score (nSPS) is 11.9. The molecule has 0 fully saturated rings. The molecule has 0 saturated carbocycles. The minimum Gasteiger partial charge on any atom is -0.441 e. The van der Waals surface area contributed by atoms with E-state index in [1.54, 1.807) is 31.3 Å². The van der Waals surface area contributed by atoms with E-state index < -0.39 is 28.7 Å². The molecule has 7 nitrogen and oxygen atoms in total. The van der Waals surface area contributed by atoms with E-state index in [0.717, 1.165) is 6.07 Å². The third kappa shape index (κ3) is 5.63. The molecular weight excluding hydrogens is 435 g/mol. The second-order valence-electron chi connectivity index (χ2n) is 6.67. The van der Waals surface area contributed by atoms with Crippen molar-refractivity contribution in [1.82, 2.24) is 10.3 Å². The Kier molecular flexibility index (Phi) is 6.07. The van der Waals surface area contributed by atoms with E-state index in [9.17, 15) is 26.4 Å². The Balaban J connectivity index is 1.81. The van der Waals surface area contributed by atoms with Crippen LogP contribution in [-0.2, 0) is 10.0 Å². The number of nitrogens with one attached hydrogen (secondary N) is 2. The number of nitrogens with zero attached hydrogens (tertiary/aromatic N) is 1. The summed E-state index contributed by atoms with van der Waals surface area (Å²) in [6.07, 6.45) is -4.58. The van der Waals surface area contributed by atoms with Crippen molar-refractivity contribution < 1.29 is 30.8 Å². The van der Waals surface area contributed by atoms with Gasteiger partial charge in [0.05, 0.1) is 10.6 Å². The number of benzene rings is 2. The molecule has 0 atom stereocenters. The van der Waals surface area contributed by atoms with Gasteiger partial charge in [-0.3, -0.25) is 9.52 Å². The van der Waals surface area contributed by atoms with Gasteiger partial charge in [0.25, 0.3) is 15.9 Å². The van der Waals surface area contributed by atoms with E-state index in [1.165, 1.54) is 30.3 Å². The van der Waals surface area contributed by atoms with Crippen LogP contribution in [0.25, 0.3) is 11.5 Å². The standard InChI is InChI=1S/C20H18F3N3O4S/c1-12-13(2)30-19(25-12)15-6-3-7-16(9-15)26-31(28,29)17-8-4-5-14(10-17)18(27)24-11-20(21,22)23/h3-10,26H,11H2,1-2H3,(H,24,27). The molecular formula is C20H18F3N3O4S. The molecule has 0 bridgehead atoms. The first-order chi connectivity index (χ1) is 14.4. The Bertz CT molecular complexity index is 1200. The third-order valence-electron chi connectivity index (χ3n) is 4.25. The van der Waals surface area contributed by atoms with Crippen LogP contribution in [0.5, 0.6) is 0 Å². The number of aromatic nitrogens is 1. The lowest BCUT2D eigenvalue weighted by molar-refractivity contribution is -0.123. The molecule has 164 valence electrons. The molecule has 0 aliphatic heterocycles. The molecule has 0 saturated heterocycles. The van der Waals surface area contributed by atoms with Crippen LogP contribution < -0.4 is 10.0 Å². The van der Waals surface area contributed by atoms with E-state index in [0.29, 0.717) is 22.9 Å². The topological polar surface area (TPSA) is 101 Å². The summed E-state index contributed by atoms with van der Waals surface area (Å²) in [4.78, 5) is 15.9. The summed E-state index contributed by atoms with van der Waals surface area (Å²) in [6.45, 7) is 2.02. The minimum absolute atomic E-state index is 0.216. The van der Waals surface area contributed by atoms with E-state index >= 15 is 0 Å². The van der Waals surface area contributed by atoms with Gasteiger partial charge in [-0.2, -0.15) is 13.2 Å². The number of halogens is 3. The molecule has 0 aliphatic rings. The number of anilines is 1. The van der Waals surface area contributed by atoms with Crippen LogP contribution in [0.15, 0.2) is 57.8 Å². The second kappa shape index (κ2) is 8.42. The van der Waals surface area contributed by atoms with Crippen molar-refractivity contribution in [1.29, 1.82) is 0 Å². The monoisotopic (exact) mass is 453 g/mol. The predicted octanol–water partition coefficient (Wildman–Crippen LogP) is 4.05. The lowest BCUT2D eigenvalue weighted by Crippen LogP contribution is -2.33. The number of amides is 1. The first-order valence-electron chi connectivity index (χ1n) is 8.97. The molecule has 2 N–H and O–H groups in total. The Morgan fingerprint density at radius 1 is 1.10 bits per heavy atom. The van der Waals surface area contributed by atoms with E-state index in [-0.39, 0.29) is 16.1 Å². The molecule has 0 radical (unpaired) electrons. The average Bonchev–Trinajstić information content (AvgIpc) is 3.04. The zero-order chi connectivity index (χ0) is 22.8. The number of rotatable bonds is 6. The van der Waals surface area contributed by atoms with Crippen LogP contribution in [0.3, 0.4) is 0 Å². The first-order valence-corrected chi connectivity index (χ1v) is 10.5. The molecule has 1 aromatic heterocycles. The Morgan fingerprint density at radius 2 is 1.81 bits per heavy atom. The molecule has 1 heterocycles. The molecule has 0 unspecified atom stereocenters. The zero-order valence-corrected chi connectivity index (χ0v) is 17.3. The number of sulfonamides is 1. The summed E-state index contributed by atoms with van der Waals surface area (Å²) in [7, 11) is -4.12. The van der Waals surface area contributed by atoms with Crippen LogP contribution in [0, 0.1) is 13.8 Å². The fraction of sp³-hybridized carbons (Fsp3) is 0.200. The van der Waals surface area contributed by atoms with Gasteiger partial charge in [0, 0.05) is 16.8 Å².